The van der Waals surface area contributed by atoms with Crippen LogP contribution in [0.3, 0.4) is 0 Å². The van der Waals surface area contributed by atoms with Crippen molar-refractivity contribution >= 4 is 99.1 Å². The van der Waals surface area contributed by atoms with E-state index in [4.69, 9.17) is 50.7 Å². The van der Waals surface area contributed by atoms with E-state index in [-0.39, 0.29) is 99.8 Å². The zero-order valence-electron chi connectivity index (χ0n) is 73.0. The molecule has 9 aromatic rings. The minimum atomic E-state index is -0.506. The monoisotopic (exact) mass is 1830 g/mol. The van der Waals surface area contributed by atoms with Crippen LogP contribution in [0.1, 0.15) is 133 Å². The van der Waals surface area contributed by atoms with Gasteiger partial charge in [0, 0.05) is 143 Å². The molecule has 0 saturated carbocycles. The van der Waals surface area contributed by atoms with E-state index in [0.29, 0.717) is 143 Å². The molecule has 28 heteroatoms. The number of hydrogen-bond acceptors (Lipinski definition) is 13. The summed E-state index contributed by atoms with van der Waals surface area (Å²) in [5.41, 5.74) is 41.9. The van der Waals surface area contributed by atoms with Gasteiger partial charge in [-0.05, 0) is 164 Å². The Morgan fingerprint density at radius 2 is 0.729 bits per heavy atom. The van der Waals surface area contributed by atoms with E-state index in [9.17, 15) is 33.2 Å². The van der Waals surface area contributed by atoms with Gasteiger partial charge in [0.25, 0.3) is 0 Å². The Labute approximate surface area is 770 Å². The highest BCUT2D eigenvalue weighted by Crippen LogP contribution is 2.32. The molecule has 6 amide bonds. The highest BCUT2D eigenvalue weighted by molar-refractivity contribution is 9.10. The molecule has 0 bridgehead atoms. The van der Waals surface area contributed by atoms with E-state index < -0.39 is 23.9 Å². The first-order chi connectivity index (χ1) is 62.6. The highest BCUT2D eigenvalue weighted by atomic mass is 79.9. The Balaban J connectivity index is 0.000000201. The molecule has 0 spiro atoms. The summed E-state index contributed by atoms with van der Waals surface area (Å²) in [6.07, 6.45) is 14.9. The van der Waals surface area contributed by atoms with Crippen LogP contribution in [0.5, 0.6) is 5.75 Å². The normalized spacial score (nSPS) is 17.1. The molecule has 3 heterocycles. The molecule has 3 saturated heterocycles. The second-order valence-corrected chi connectivity index (χ2v) is 33.2. The molecular formula is C101H121BrClFN18O7. The van der Waals surface area contributed by atoms with Crippen molar-refractivity contribution in [1.29, 1.82) is 0 Å². The summed E-state index contributed by atoms with van der Waals surface area (Å²) in [6, 6.07) is 79.7. The molecule has 129 heavy (non-hydrogen) atoms. The number of nitrogens with one attached hydrogen (secondary N) is 6. The standard InChI is InChI=1S/C35H44N6O3.C33H39BrN6O2.C33H38ClFN6O2/c1-2-44-30-18-15-26(16-19-30)17-20-33(42)39-24-29-21-23-41(34(43)32(40-29)14-9-22-38-35(36)37)25-31(27-10-5-3-6-11-27)28-12-7-4-8-13-28;34-27-16-13-24(14-17-27)15-18-31(41)38-22-28-19-21-40(32(42)30(39-28)12-7-20-37-33(35)36)23-29(25-8-3-1-4-9-25)26-10-5-2-6-11-26;34-28-13-7-14-29(35)26(28)16-17-31(42)39-21-25-18-20-41(32(43)30(40-25)15-8-19-38-33(36)37)22-27(23-9-3-1-4-10-23)24-11-5-2-6-12-24/h3-8,10-13,15-20,29,31-32,40H,2,9,14,21-25H2,1H3,(H,39,42)(H4,36,37,38);1-6,8-11,13-18,28-30,39H,7,12,19-23H2,(H,38,41)(H4,35,36,37);1-7,9-14,16-17,25,27,30,40H,8,15,18-22H2,(H,39,42)(H4,36,37,38)/b20-17+;18-15+;17-16+/t29-,32-;28-,30-;25-,30-/m000/s1. The Kier molecular flexibility index (Phi) is 40.5. The minimum Gasteiger partial charge on any atom is -0.494 e. The summed E-state index contributed by atoms with van der Waals surface area (Å²) in [4.78, 5) is 97.8. The van der Waals surface area contributed by atoms with E-state index >= 15 is 0 Å². The molecule has 3 aliphatic rings. The largest absolute Gasteiger partial charge is 0.494 e. The second-order valence-electron chi connectivity index (χ2n) is 31.9. The molecule has 678 valence electrons. The van der Waals surface area contributed by atoms with Gasteiger partial charge < -0.3 is 85.7 Å². The molecule has 3 aliphatic heterocycles. The maximum Gasteiger partial charge on any atom is 0.244 e. The smallest absolute Gasteiger partial charge is 0.244 e. The number of aliphatic imine (C=N–C) groups is 3. The number of nitrogens with two attached hydrogens (primary N) is 6. The van der Waals surface area contributed by atoms with Gasteiger partial charge in [-0.3, -0.25) is 43.7 Å². The van der Waals surface area contributed by atoms with E-state index in [2.05, 4.69) is 136 Å². The predicted molar refractivity (Wildman–Crippen MR) is 519 cm³/mol. The van der Waals surface area contributed by atoms with Crippen LogP contribution < -0.4 is 71.0 Å². The number of amides is 6. The minimum absolute atomic E-state index is 0.000217. The topological polar surface area (TPSA) is 387 Å². The number of nitrogens with zero attached hydrogens (tertiary/aromatic N) is 6. The predicted octanol–water partition coefficient (Wildman–Crippen LogP) is 11.7. The van der Waals surface area contributed by atoms with Crippen molar-refractivity contribution in [2.75, 3.05) is 85.1 Å². The Bertz CT molecular complexity index is 5020. The van der Waals surface area contributed by atoms with Crippen molar-refractivity contribution in [2.24, 2.45) is 49.4 Å². The quantitative estimate of drug-likeness (QED) is 0.00740. The van der Waals surface area contributed by atoms with Crippen LogP contribution in [0.25, 0.3) is 18.2 Å². The van der Waals surface area contributed by atoms with Gasteiger partial charge >= 0.3 is 0 Å². The zero-order chi connectivity index (χ0) is 91.5. The molecule has 0 radical (unpaired) electrons. The van der Waals surface area contributed by atoms with Crippen LogP contribution in [0.15, 0.2) is 286 Å². The number of rotatable bonds is 38. The molecular weight excluding hydrogens is 1710 g/mol. The summed E-state index contributed by atoms with van der Waals surface area (Å²) in [6.45, 7) is 8.29. The van der Waals surface area contributed by atoms with E-state index in [1.807, 2.05) is 179 Å². The van der Waals surface area contributed by atoms with Crippen molar-refractivity contribution in [3.05, 3.63) is 332 Å². The van der Waals surface area contributed by atoms with Gasteiger partial charge in [-0.1, -0.05) is 240 Å². The molecule has 0 aromatic heterocycles. The van der Waals surface area contributed by atoms with Gasteiger partial charge in [-0.15, -0.1) is 0 Å². The third kappa shape index (κ3) is 33.4. The Morgan fingerprint density at radius 3 is 1.02 bits per heavy atom. The van der Waals surface area contributed by atoms with E-state index in [1.165, 1.54) is 47.6 Å². The van der Waals surface area contributed by atoms with Crippen LogP contribution in [0, 0.1) is 5.82 Å². The van der Waals surface area contributed by atoms with Crippen molar-refractivity contribution in [1.82, 2.24) is 46.6 Å². The molecule has 9 aromatic carbocycles. The second kappa shape index (κ2) is 53.1. The third-order valence-corrected chi connectivity index (χ3v) is 23.4. The van der Waals surface area contributed by atoms with Gasteiger partial charge in [0.2, 0.25) is 35.4 Å². The lowest BCUT2D eigenvalue weighted by atomic mass is 9.90. The number of carbonyl (C=O) groups is 6. The highest BCUT2D eigenvalue weighted by Gasteiger charge is 2.36. The summed E-state index contributed by atoms with van der Waals surface area (Å²) < 4.78 is 20.5. The van der Waals surface area contributed by atoms with Crippen molar-refractivity contribution in [3.8, 4) is 5.75 Å². The molecule has 3 fully saturated rings. The van der Waals surface area contributed by atoms with Crippen molar-refractivity contribution < 1.29 is 37.9 Å². The van der Waals surface area contributed by atoms with E-state index in [0.717, 1.165) is 43.6 Å². The SMILES string of the molecule is CCOc1ccc(/C=C/C(=O)NC[C@@H]2CCN(CC(c3ccccc3)c3ccccc3)C(=O)[C@H](CCCN=C(N)N)N2)cc1.NC(N)=NCCC[C@@H]1N[C@H](CNC(=O)/C=C/c2c(F)cccc2Cl)CCN(CC(c2ccccc2)c2ccccc2)C1=O.NC(N)=NCCC[C@@H]1N[C@H](CNC(=O)/C=C/c2ccc(Br)cc2)CCN(CC(c2ccccc2)c2ccccc2)C1=O. The maximum atomic E-state index is 14.1. The van der Waals surface area contributed by atoms with Gasteiger partial charge in [0.1, 0.15) is 11.6 Å². The Morgan fingerprint density at radius 1 is 0.434 bits per heavy atom. The number of halogens is 3. The molecule has 18 N–H and O–H groups in total. The van der Waals surface area contributed by atoms with Crippen LogP contribution in [-0.2, 0) is 28.8 Å². The van der Waals surface area contributed by atoms with Crippen LogP contribution in [0.4, 0.5) is 4.39 Å². The molecule has 12 rings (SSSR count). The van der Waals surface area contributed by atoms with Crippen molar-refractivity contribution in [2.45, 2.75) is 119 Å². The fraction of sp³-hybridized carbons (Fsp3) is 0.317. The fourth-order valence-electron chi connectivity index (χ4n) is 15.8. The van der Waals surface area contributed by atoms with Crippen molar-refractivity contribution in [3.63, 3.8) is 0 Å². The van der Waals surface area contributed by atoms with Crippen LogP contribution in [-0.4, -0.2) is 189 Å². The van der Waals surface area contributed by atoms with Crippen LogP contribution in [0.2, 0.25) is 5.02 Å². The van der Waals surface area contributed by atoms with Gasteiger partial charge in [0.05, 0.1) is 29.8 Å². The number of carbonyl (C=O) groups excluding carboxylic acids is 6. The molecule has 6 atom stereocenters. The van der Waals surface area contributed by atoms with Gasteiger partial charge in [-0.25, -0.2) is 4.39 Å². The average Bonchev–Trinajstić information content (AvgIpc) is 1.82. The summed E-state index contributed by atoms with van der Waals surface area (Å²) in [5.74, 6) is -0.173. The first-order valence-electron chi connectivity index (χ1n) is 44.0. The zero-order valence-corrected chi connectivity index (χ0v) is 75.4. The van der Waals surface area contributed by atoms with Gasteiger partial charge in [-0.2, -0.15) is 0 Å². The number of benzene rings is 9. The number of ether oxygens (including phenoxy) is 1. The summed E-state index contributed by atoms with van der Waals surface area (Å²) >= 11 is 9.49. The lowest BCUT2D eigenvalue weighted by molar-refractivity contribution is -0.133. The maximum absolute atomic E-state index is 14.1. The number of guanidine groups is 3. The molecule has 0 unspecified atom stereocenters. The lowest BCUT2D eigenvalue weighted by Gasteiger charge is -2.29. The van der Waals surface area contributed by atoms with Gasteiger partial charge in [0.15, 0.2) is 17.9 Å². The average molecular weight is 1830 g/mol. The Hall–Kier alpha value is -12.8. The summed E-state index contributed by atoms with van der Waals surface area (Å²) in [5, 5.41) is 19.6. The molecule has 0 aliphatic carbocycles. The first-order valence-corrected chi connectivity index (χ1v) is 45.2. The fourth-order valence-corrected chi connectivity index (χ4v) is 16.3. The third-order valence-electron chi connectivity index (χ3n) is 22.5. The van der Waals surface area contributed by atoms with Crippen LogP contribution >= 0.6 is 27.5 Å². The number of hydrogen-bond donors (Lipinski definition) is 12. The first kappa shape index (κ1) is 98.4. The molecule has 25 nitrogen and oxygen atoms in total. The van der Waals surface area contributed by atoms with E-state index in [1.54, 1.807) is 18.2 Å². The summed E-state index contributed by atoms with van der Waals surface area (Å²) in [7, 11) is 0. The lowest BCUT2D eigenvalue weighted by Crippen LogP contribution is -2.49.